The van der Waals surface area contributed by atoms with Gasteiger partial charge in [0, 0.05) is 44.2 Å². The van der Waals surface area contributed by atoms with Gasteiger partial charge in [-0.25, -0.2) is 0 Å². The largest absolute Gasteiger partial charge is 0.353 e. The molecule has 1 aliphatic carbocycles. The zero-order valence-electron chi connectivity index (χ0n) is 10.3. The summed E-state index contributed by atoms with van der Waals surface area (Å²) in [4.78, 5) is 14.0. The van der Waals surface area contributed by atoms with Crippen LogP contribution in [-0.4, -0.2) is 48.6 Å². The van der Waals surface area contributed by atoms with Gasteiger partial charge in [-0.3, -0.25) is 9.69 Å². The molecule has 0 aromatic heterocycles. The highest BCUT2D eigenvalue weighted by molar-refractivity contribution is 5.76. The predicted octanol–water partition coefficient (Wildman–Crippen LogP) is 0.337. The van der Waals surface area contributed by atoms with Crippen molar-refractivity contribution in [2.75, 3.05) is 19.6 Å². The molecule has 2 N–H and O–H groups in total. The van der Waals surface area contributed by atoms with Gasteiger partial charge in [0.05, 0.1) is 0 Å². The fourth-order valence-corrected chi connectivity index (χ4v) is 2.37. The van der Waals surface area contributed by atoms with E-state index in [-0.39, 0.29) is 5.91 Å². The van der Waals surface area contributed by atoms with E-state index in [2.05, 4.69) is 29.4 Å². The number of nitrogens with zero attached hydrogens (tertiary/aromatic N) is 1. The number of nitrogens with one attached hydrogen (secondary N) is 2. The smallest absolute Gasteiger partial charge is 0.221 e. The monoisotopic (exact) mass is 225 g/mol. The summed E-state index contributed by atoms with van der Waals surface area (Å²) in [5.41, 5.74) is 0. The predicted molar refractivity (Wildman–Crippen MR) is 64.3 cm³/mol. The summed E-state index contributed by atoms with van der Waals surface area (Å²) in [6.45, 7) is 7.41. The van der Waals surface area contributed by atoms with Crippen molar-refractivity contribution in [1.29, 1.82) is 0 Å². The van der Waals surface area contributed by atoms with Gasteiger partial charge in [0.15, 0.2) is 0 Å². The van der Waals surface area contributed by atoms with Crippen LogP contribution in [0.4, 0.5) is 0 Å². The lowest BCUT2D eigenvalue weighted by Gasteiger charge is -2.39. The van der Waals surface area contributed by atoms with Crippen molar-refractivity contribution < 1.29 is 4.79 Å². The van der Waals surface area contributed by atoms with Crippen molar-refractivity contribution in [1.82, 2.24) is 15.5 Å². The zero-order valence-corrected chi connectivity index (χ0v) is 10.3. The Kier molecular flexibility index (Phi) is 3.82. The van der Waals surface area contributed by atoms with Gasteiger partial charge in [-0.15, -0.1) is 0 Å². The average molecular weight is 225 g/mol. The van der Waals surface area contributed by atoms with Gasteiger partial charge < -0.3 is 10.6 Å². The summed E-state index contributed by atoms with van der Waals surface area (Å²) < 4.78 is 0. The molecule has 0 bridgehead atoms. The molecule has 2 aliphatic rings. The molecule has 0 aromatic carbocycles. The zero-order chi connectivity index (χ0) is 11.5. The van der Waals surface area contributed by atoms with E-state index in [0.717, 1.165) is 19.6 Å². The standard InChI is InChI=1S/C12H23N3O/c1-9-7-13-8-10(2)15(9)6-5-12(16)14-11-3-4-11/h9-11,13H,3-8H2,1-2H3,(H,14,16). The Bertz CT molecular complexity index is 243. The van der Waals surface area contributed by atoms with Crippen molar-refractivity contribution in [2.45, 2.75) is 51.2 Å². The fraction of sp³-hybridized carbons (Fsp3) is 0.917. The molecule has 0 aromatic rings. The molecule has 1 saturated heterocycles. The van der Waals surface area contributed by atoms with E-state index in [4.69, 9.17) is 0 Å². The Morgan fingerprint density at radius 1 is 1.31 bits per heavy atom. The first-order chi connectivity index (χ1) is 7.66. The fourth-order valence-electron chi connectivity index (χ4n) is 2.37. The lowest BCUT2D eigenvalue weighted by atomic mass is 10.1. The quantitative estimate of drug-likeness (QED) is 0.725. The molecule has 4 nitrogen and oxygen atoms in total. The first-order valence-electron chi connectivity index (χ1n) is 6.42. The molecule has 92 valence electrons. The molecular weight excluding hydrogens is 202 g/mol. The molecule has 1 aliphatic heterocycles. The molecule has 1 saturated carbocycles. The highest BCUT2D eigenvalue weighted by Gasteiger charge is 2.26. The van der Waals surface area contributed by atoms with E-state index in [1.165, 1.54) is 12.8 Å². The molecule has 4 heteroatoms. The topological polar surface area (TPSA) is 44.4 Å². The summed E-state index contributed by atoms with van der Waals surface area (Å²) in [5, 5.41) is 6.44. The first-order valence-corrected chi connectivity index (χ1v) is 6.42. The van der Waals surface area contributed by atoms with E-state index in [9.17, 15) is 4.79 Å². The summed E-state index contributed by atoms with van der Waals surface area (Å²) >= 11 is 0. The number of piperazine rings is 1. The molecule has 1 heterocycles. The molecule has 2 atom stereocenters. The third-order valence-corrected chi connectivity index (χ3v) is 3.55. The van der Waals surface area contributed by atoms with E-state index in [1.807, 2.05) is 0 Å². The molecule has 0 radical (unpaired) electrons. The van der Waals surface area contributed by atoms with Crippen LogP contribution in [-0.2, 0) is 4.79 Å². The van der Waals surface area contributed by atoms with Crippen molar-refractivity contribution in [3.63, 3.8) is 0 Å². The van der Waals surface area contributed by atoms with Crippen LogP contribution in [0.3, 0.4) is 0 Å². The normalized spacial score (nSPS) is 31.4. The highest BCUT2D eigenvalue weighted by Crippen LogP contribution is 2.18. The van der Waals surface area contributed by atoms with Crippen LogP contribution in [0.1, 0.15) is 33.1 Å². The number of rotatable bonds is 4. The van der Waals surface area contributed by atoms with Gasteiger partial charge in [-0.05, 0) is 26.7 Å². The highest BCUT2D eigenvalue weighted by atomic mass is 16.1. The summed E-state index contributed by atoms with van der Waals surface area (Å²) in [6, 6.07) is 1.57. The van der Waals surface area contributed by atoms with Gasteiger partial charge in [-0.2, -0.15) is 0 Å². The second-order valence-electron chi connectivity index (χ2n) is 5.19. The number of carbonyl (C=O) groups excluding carboxylic acids is 1. The van der Waals surface area contributed by atoms with E-state index >= 15 is 0 Å². The van der Waals surface area contributed by atoms with Crippen LogP contribution < -0.4 is 10.6 Å². The summed E-state index contributed by atoms with van der Waals surface area (Å²) in [7, 11) is 0. The van der Waals surface area contributed by atoms with Crippen LogP contribution in [0.5, 0.6) is 0 Å². The maximum Gasteiger partial charge on any atom is 0.221 e. The minimum atomic E-state index is 0.223. The lowest BCUT2D eigenvalue weighted by molar-refractivity contribution is -0.121. The van der Waals surface area contributed by atoms with Gasteiger partial charge in [0.2, 0.25) is 5.91 Å². The SMILES string of the molecule is CC1CNCC(C)N1CCC(=O)NC1CC1. The Morgan fingerprint density at radius 2 is 1.94 bits per heavy atom. The second kappa shape index (κ2) is 5.15. The Balaban J connectivity index is 1.71. The van der Waals surface area contributed by atoms with E-state index in [1.54, 1.807) is 0 Å². The van der Waals surface area contributed by atoms with E-state index < -0.39 is 0 Å². The number of amides is 1. The van der Waals surface area contributed by atoms with E-state index in [0.29, 0.717) is 24.5 Å². The van der Waals surface area contributed by atoms with Gasteiger partial charge in [-0.1, -0.05) is 0 Å². The van der Waals surface area contributed by atoms with Crippen molar-refractivity contribution in [2.24, 2.45) is 0 Å². The number of hydrogen-bond donors (Lipinski definition) is 2. The minimum Gasteiger partial charge on any atom is -0.353 e. The molecule has 1 amide bonds. The van der Waals surface area contributed by atoms with Crippen molar-refractivity contribution in [3.05, 3.63) is 0 Å². The third kappa shape index (κ3) is 3.19. The number of hydrogen-bond acceptors (Lipinski definition) is 3. The Labute approximate surface area is 97.8 Å². The maximum atomic E-state index is 11.6. The summed E-state index contributed by atoms with van der Waals surface area (Å²) in [5.74, 6) is 0.223. The van der Waals surface area contributed by atoms with Crippen LogP contribution in [0.2, 0.25) is 0 Å². The Morgan fingerprint density at radius 3 is 2.50 bits per heavy atom. The molecule has 2 fully saturated rings. The maximum absolute atomic E-state index is 11.6. The van der Waals surface area contributed by atoms with Crippen LogP contribution in [0.25, 0.3) is 0 Å². The van der Waals surface area contributed by atoms with Crippen LogP contribution in [0, 0.1) is 0 Å². The second-order valence-corrected chi connectivity index (χ2v) is 5.19. The number of carbonyl (C=O) groups is 1. The van der Waals surface area contributed by atoms with Gasteiger partial charge >= 0.3 is 0 Å². The van der Waals surface area contributed by atoms with Gasteiger partial charge in [0.1, 0.15) is 0 Å². The minimum absolute atomic E-state index is 0.223. The lowest BCUT2D eigenvalue weighted by Crippen LogP contribution is -2.55. The molecular formula is C12H23N3O. The van der Waals surface area contributed by atoms with Gasteiger partial charge in [0.25, 0.3) is 0 Å². The molecule has 2 unspecified atom stereocenters. The molecule has 2 rings (SSSR count). The van der Waals surface area contributed by atoms with Crippen molar-refractivity contribution >= 4 is 5.91 Å². The third-order valence-electron chi connectivity index (χ3n) is 3.55. The molecule has 0 spiro atoms. The molecule has 16 heavy (non-hydrogen) atoms. The van der Waals surface area contributed by atoms with Crippen molar-refractivity contribution in [3.8, 4) is 0 Å². The Hall–Kier alpha value is -0.610. The summed E-state index contributed by atoms with van der Waals surface area (Å²) in [6.07, 6.45) is 2.99. The first kappa shape index (κ1) is 11.9. The average Bonchev–Trinajstić information content (AvgIpc) is 3.01. The van der Waals surface area contributed by atoms with Crippen LogP contribution >= 0.6 is 0 Å². The van der Waals surface area contributed by atoms with Crippen LogP contribution in [0.15, 0.2) is 0 Å².